The SMILES string of the molecule is FC(F)(F)c1[nH]c([C@@H]2CCCN2)nc1-c1ccc(-c2ncc(-c3cnc([C@@H]4CCCN4)[nH]3)cn2)cc1. The number of imidazole rings is 2. The van der Waals surface area contributed by atoms with Crippen LogP contribution in [0.5, 0.6) is 0 Å². The van der Waals surface area contributed by atoms with Crippen molar-refractivity contribution in [3.63, 3.8) is 0 Å². The molecule has 0 aliphatic carbocycles. The van der Waals surface area contributed by atoms with Crippen molar-refractivity contribution in [3.05, 3.63) is 60.2 Å². The van der Waals surface area contributed by atoms with Crippen LogP contribution in [0, 0.1) is 0 Å². The van der Waals surface area contributed by atoms with Crippen LogP contribution >= 0.6 is 0 Å². The third kappa shape index (κ3) is 4.40. The van der Waals surface area contributed by atoms with Crippen molar-refractivity contribution < 1.29 is 13.2 Å². The number of nitrogens with zero attached hydrogens (tertiary/aromatic N) is 4. The minimum atomic E-state index is -4.53. The first kappa shape index (κ1) is 22.9. The standard InChI is InChI=1S/C25H25F3N8/c26-25(27,28)21-20(35-24(36-21)18-4-2-10-30-18)14-5-7-15(8-6-14)22-31-11-16(12-32-22)19-13-33-23(34-19)17-3-1-9-29-17/h5-8,11-13,17-18,29-30H,1-4,9-10H2,(H,33,34)(H,35,36)/t17-,18-/m0/s1. The van der Waals surface area contributed by atoms with E-state index in [1.165, 1.54) is 0 Å². The lowest BCUT2D eigenvalue weighted by Crippen LogP contribution is -2.14. The number of benzene rings is 1. The van der Waals surface area contributed by atoms with E-state index >= 15 is 0 Å². The van der Waals surface area contributed by atoms with E-state index in [9.17, 15) is 13.2 Å². The largest absolute Gasteiger partial charge is 0.433 e. The molecule has 0 saturated carbocycles. The Hall–Kier alpha value is -3.57. The summed E-state index contributed by atoms with van der Waals surface area (Å²) in [5.41, 5.74) is 1.81. The average Bonchev–Trinajstić information content (AvgIpc) is 3.70. The van der Waals surface area contributed by atoms with Crippen LogP contribution in [-0.2, 0) is 6.18 Å². The number of alkyl halides is 3. The number of hydrogen-bond acceptors (Lipinski definition) is 6. The van der Waals surface area contributed by atoms with Gasteiger partial charge in [0, 0.05) is 29.1 Å². The molecule has 4 N–H and O–H groups in total. The van der Waals surface area contributed by atoms with E-state index in [2.05, 4.69) is 40.5 Å². The molecule has 0 spiro atoms. The van der Waals surface area contributed by atoms with E-state index < -0.39 is 11.9 Å². The van der Waals surface area contributed by atoms with Gasteiger partial charge in [0.1, 0.15) is 23.0 Å². The van der Waals surface area contributed by atoms with Gasteiger partial charge in [-0.25, -0.2) is 19.9 Å². The third-order valence-corrected chi connectivity index (χ3v) is 6.76. The molecular weight excluding hydrogens is 469 g/mol. The van der Waals surface area contributed by atoms with E-state index in [0.29, 0.717) is 22.8 Å². The van der Waals surface area contributed by atoms with Crippen molar-refractivity contribution in [1.29, 1.82) is 0 Å². The summed E-state index contributed by atoms with van der Waals surface area (Å²) in [6, 6.07) is 6.74. The van der Waals surface area contributed by atoms with Gasteiger partial charge in [-0.15, -0.1) is 0 Å². The fraction of sp³-hybridized carbons (Fsp3) is 0.360. The molecule has 2 atom stereocenters. The van der Waals surface area contributed by atoms with Gasteiger partial charge in [-0.3, -0.25) is 0 Å². The first-order valence-corrected chi connectivity index (χ1v) is 12.1. The number of H-pyrrole nitrogens is 2. The molecule has 0 amide bonds. The van der Waals surface area contributed by atoms with Crippen LogP contribution in [0.4, 0.5) is 13.2 Å². The molecule has 0 radical (unpaired) electrons. The van der Waals surface area contributed by atoms with Gasteiger partial charge >= 0.3 is 6.18 Å². The van der Waals surface area contributed by atoms with E-state index in [1.807, 2.05) is 0 Å². The molecule has 3 aromatic heterocycles. The summed E-state index contributed by atoms with van der Waals surface area (Å²) in [7, 11) is 0. The normalized spacial score (nSPS) is 20.3. The third-order valence-electron chi connectivity index (χ3n) is 6.76. The van der Waals surface area contributed by atoms with Crippen molar-refractivity contribution in [3.8, 4) is 33.9 Å². The Morgan fingerprint density at radius 2 is 1.36 bits per heavy atom. The summed E-state index contributed by atoms with van der Waals surface area (Å²) in [5.74, 6) is 1.71. The highest BCUT2D eigenvalue weighted by molar-refractivity contribution is 5.68. The highest BCUT2D eigenvalue weighted by atomic mass is 19.4. The van der Waals surface area contributed by atoms with Crippen LogP contribution in [0.15, 0.2) is 42.9 Å². The highest BCUT2D eigenvalue weighted by Gasteiger charge is 2.38. The highest BCUT2D eigenvalue weighted by Crippen LogP contribution is 2.37. The number of halogens is 3. The summed E-state index contributed by atoms with van der Waals surface area (Å²) in [6.45, 7) is 1.77. The predicted molar refractivity (Wildman–Crippen MR) is 128 cm³/mol. The molecule has 36 heavy (non-hydrogen) atoms. The van der Waals surface area contributed by atoms with Crippen molar-refractivity contribution >= 4 is 0 Å². The lowest BCUT2D eigenvalue weighted by atomic mass is 10.1. The maximum atomic E-state index is 13.7. The van der Waals surface area contributed by atoms with Crippen LogP contribution in [-0.4, -0.2) is 43.0 Å². The molecule has 186 valence electrons. The van der Waals surface area contributed by atoms with Crippen molar-refractivity contribution in [1.82, 2.24) is 40.5 Å². The lowest BCUT2D eigenvalue weighted by Gasteiger charge is -2.08. The molecule has 4 aromatic rings. The first-order valence-electron chi connectivity index (χ1n) is 12.1. The lowest BCUT2D eigenvalue weighted by molar-refractivity contribution is -0.140. The second kappa shape index (κ2) is 9.14. The summed E-state index contributed by atoms with van der Waals surface area (Å²) in [5, 5.41) is 6.61. The zero-order valence-electron chi connectivity index (χ0n) is 19.4. The van der Waals surface area contributed by atoms with Crippen LogP contribution in [0.3, 0.4) is 0 Å². The van der Waals surface area contributed by atoms with E-state index in [4.69, 9.17) is 0 Å². The van der Waals surface area contributed by atoms with Gasteiger partial charge in [-0.2, -0.15) is 13.2 Å². The Bertz CT molecular complexity index is 1330. The molecule has 8 nitrogen and oxygen atoms in total. The molecule has 2 fully saturated rings. The van der Waals surface area contributed by atoms with Gasteiger partial charge in [0.05, 0.1) is 24.0 Å². The fourth-order valence-corrected chi connectivity index (χ4v) is 4.86. The summed E-state index contributed by atoms with van der Waals surface area (Å²) in [4.78, 5) is 23.6. The molecule has 5 heterocycles. The quantitative estimate of drug-likeness (QED) is 0.318. The van der Waals surface area contributed by atoms with E-state index in [0.717, 1.165) is 55.9 Å². The smallest absolute Gasteiger partial charge is 0.341 e. The second-order valence-corrected chi connectivity index (χ2v) is 9.20. The van der Waals surface area contributed by atoms with Crippen molar-refractivity contribution in [2.75, 3.05) is 13.1 Å². The van der Waals surface area contributed by atoms with Gasteiger partial charge in [-0.1, -0.05) is 24.3 Å². The molecule has 2 aliphatic heterocycles. The van der Waals surface area contributed by atoms with Gasteiger partial charge in [0.15, 0.2) is 5.82 Å². The minimum absolute atomic E-state index is 0.0965. The van der Waals surface area contributed by atoms with Gasteiger partial charge < -0.3 is 20.6 Å². The molecule has 2 aliphatic rings. The maximum absolute atomic E-state index is 13.7. The average molecular weight is 495 g/mol. The van der Waals surface area contributed by atoms with Gasteiger partial charge in [-0.05, 0) is 38.8 Å². The van der Waals surface area contributed by atoms with Gasteiger partial charge in [0.2, 0.25) is 0 Å². The molecule has 6 rings (SSSR count). The molecule has 2 saturated heterocycles. The molecular formula is C25H25F3N8. The maximum Gasteiger partial charge on any atom is 0.433 e. The number of rotatable bonds is 5. The van der Waals surface area contributed by atoms with Crippen LogP contribution in [0.1, 0.15) is 55.1 Å². The first-order chi connectivity index (χ1) is 17.5. The van der Waals surface area contributed by atoms with Crippen LogP contribution in [0.25, 0.3) is 33.9 Å². The molecule has 11 heteroatoms. The zero-order valence-corrected chi connectivity index (χ0v) is 19.4. The Morgan fingerprint density at radius 1 is 0.722 bits per heavy atom. The Kier molecular flexibility index (Phi) is 5.81. The van der Waals surface area contributed by atoms with Crippen LogP contribution < -0.4 is 10.6 Å². The number of aromatic amines is 2. The van der Waals surface area contributed by atoms with Crippen LogP contribution in [0.2, 0.25) is 0 Å². The Labute approximate surface area is 205 Å². The van der Waals surface area contributed by atoms with E-state index in [1.54, 1.807) is 42.9 Å². The van der Waals surface area contributed by atoms with Crippen molar-refractivity contribution in [2.45, 2.75) is 43.9 Å². The summed E-state index contributed by atoms with van der Waals surface area (Å²) < 4.78 is 41.2. The van der Waals surface area contributed by atoms with E-state index in [-0.39, 0.29) is 17.8 Å². The second-order valence-electron chi connectivity index (χ2n) is 9.20. The number of nitrogens with one attached hydrogen (secondary N) is 4. The van der Waals surface area contributed by atoms with Crippen molar-refractivity contribution in [2.24, 2.45) is 0 Å². The number of aromatic nitrogens is 6. The minimum Gasteiger partial charge on any atom is -0.341 e. The molecule has 1 aromatic carbocycles. The summed E-state index contributed by atoms with van der Waals surface area (Å²) in [6.07, 6.45) is 4.53. The molecule has 0 unspecified atom stereocenters. The Balaban J connectivity index is 1.23. The fourth-order valence-electron chi connectivity index (χ4n) is 4.86. The van der Waals surface area contributed by atoms with Gasteiger partial charge in [0.25, 0.3) is 0 Å². The topological polar surface area (TPSA) is 107 Å². The molecule has 0 bridgehead atoms. The Morgan fingerprint density at radius 3 is 1.97 bits per heavy atom. The monoisotopic (exact) mass is 494 g/mol. The summed E-state index contributed by atoms with van der Waals surface area (Å²) >= 11 is 0. The predicted octanol–water partition coefficient (Wildman–Crippen LogP) is 4.79. The zero-order chi connectivity index (χ0) is 24.7. The number of hydrogen-bond donors (Lipinski definition) is 4.